The van der Waals surface area contributed by atoms with Crippen molar-refractivity contribution in [2.24, 2.45) is 0 Å². The number of carbonyl (C=O) groups excluding carboxylic acids is 1. The lowest BCUT2D eigenvalue weighted by molar-refractivity contribution is 0.0906. The van der Waals surface area contributed by atoms with Crippen molar-refractivity contribution in [2.75, 3.05) is 13.7 Å². The van der Waals surface area contributed by atoms with Crippen LogP contribution in [0.3, 0.4) is 0 Å². The number of halogens is 1. The normalized spacial score (nSPS) is 12.6. The van der Waals surface area contributed by atoms with E-state index >= 15 is 0 Å². The summed E-state index contributed by atoms with van der Waals surface area (Å²) in [5.74, 6) is 1.44. The second kappa shape index (κ2) is 7.84. The Morgan fingerprint density at radius 1 is 1.43 bits per heavy atom. The summed E-state index contributed by atoms with van der Waals surface area (Å²) in [5.41, 5.74) is 0.623. The summed E-state index contributed by atoms with van der Waals surface area (Å²) in [6, 6.07) is 5.61. The van der Waals surface area contributed by atoms with Crippen molar-refractivity contribution in [3.05, 3.63) is 46.1 Å². The number of amides is 1. The summed E-state index contributed by atoms with van der Waals surface area (Å²) >= 11 is 3.44. The van der Waals surface area contributed by atoms with Gasteiger partial charge in [0.15, 0.2) is 0 Å². The van der Waals surface area contributed by atoms with E-state index in [4.69, 9.17) is 9.15 Å². The Hall–Kier alpha value is -1.53. The van der Waals surface area contributed by atoms with Crippen LogP contribution in [0.1, 0.15) is 54.4 Å². The van der Waals surface area contributed by atoms with Crippen molar-refractivity contribution in [2.45, 2.75) is 39.3 Å². The molecule has 6 heteroatoms. The Kier molecular flexibility index (Phi) is 6.07. The van der Waals surface area contributed by atoms with Gasteiger partial charge in [-0.1, -0.05) is 0 Å². The lowest BCUT2D eigenvalue weighted by Crippen LogP contribution is -2.31. The molecule has 0 aromatic carbocycles. The monoisotopic (exact) mass is 382 g/mol. The number of carbonyl (C=O) groups is 1. The van der Waals surface area contributed by atoms with Crippen LogP contribution >= 0.6 is 15.9 Å². The van der Waals surface area contributed by atoms with E-state index < -0.39 is 0 Å². The molecule has 1 amide bonds. The zero-order valence-corrected chi connectivity index (χ0v) is 15.5. The molecule has 1 atom stereocenters. The maximum absolute atomic E-state index is 12.7. The molecule has 0 aliphatic heterocycles. The van der Waals surface area contributed by atoms with Crippen molar-refractivity contribution in [1.82, 2.24) is 9.88 Å². The van der Waals surface area contributed by atoms with Crippen molar-refractivity contribution >= 4 is 21.8 Å². The molecule has 1 unspecified atom stereocenters. The van der Waals surface area contributed by atoms with Gasteiger partial charge in [0.25, 0.3) is 5.91 Å². The van der Waals surface area contributed by atoms with Crippen LogP contribution < -0.4 is 5.32 Å². The average molecular weight is 383 g/mol. The van der Waals surface area contributed by atoms with E-state index in [-0.39, 0.29) is 18.0 Å². The summed E-state index contributed by atoms with van der Waals surface area (Å²) < 4.78 is 13.7. The number of rotatable bonds is 7. The van der Waals surface area contributed by atoms with Crippen molar-refractivity contribution in [3.8, 4) is 0 Å². The first kappa shape index (κ1) is 17.8. The van der Waals surface area contributed by atoms with Gasteiger partial charge in [0.2, 0.25) is 0 Å². The highest BCUT2D eigenvalue weighted by atomic mass is 79.9. The molecule has 2 rings (SSSR count). The fraction of sp³-hybridized carbons (Fsp3) is 0.471. The van der Waals surface area contributed by atoms with Crippen LogP contribution in [0.15, 0.2) is 33.3 Å². The first-order valence-corrected chi connectivity index (χ1v) is 8.45. The number of furan rings is 1. The summed E-state index contributed by atoms with van der Waals surface area (Å²) in [5, 5.41) is 3.05. The second-order valence-corrected chi connectivity index (χ2v) is 6.72. The summed E-state index contributed by atoms with van der Waals surface area (Å²) in [7, 11) is 1.65. The van der Waals surface area contributed by atoms with Gasteiger partial charge >= 0.3 is 0 Å². The van der Waals surface area contributed by atoms with Gasteiger partial charge in [0, 0.05) is 30.4 Å². The predicted molar refractivity (Wildman–Crippen MR) is 92.7 cm³/mol. The number of hydrogen-bond acceptors (Lipinski definition) is 3. The first-order valence-electron chi connectivity index (χ1n) is 7.66. The molecule has 0 aliphatic carbocycles. The topological polar surface area (TPSA) is 56.4 Å². The van der Waals surface area contributed by atoms with Gasteiger partial charge in [-0.3, -0.25) is 4.79 Å². The Morgan fingerprint density at radius 2 is 2.17 bits per heavy atom. The molecule has 0 aliphatic rings. The molecule has 0 fully saturated rings. The fourth-order valence-corrected chi connectivity index (χ4v) is 2.89. The number of ether oxygens (including phenoxy) is 1. The summed E-state index contributed by atoms with van der Waals surface area (Å²) in [4.78, 5) is 12.7. The van der Waals surface area contributed by atoms with Crippen LogP contribution in [0.2, 0.25) is 0 Å². The molecule has 126 valence electrons. The Labute approximate surface area is 145 Å². The van der Waals surface area contributed by atoms with E-state index in [0.717, 1.165) is 16.0 Å². The van der Waals surface area contributed by atoms with E-state index in [0.29, 0.717) is 18.7 Å². The van der Waals surface area contributed by atoms with Gasteiger partial charge in [0.1, 0.15) is 17.2 Å². The number of methoxy groups -OCH3 is 1. The molecule has 0 radical (unpaired) electrons. The summed E-state index contributed by atoms with van der Waals surface area (Å²) in [6.07, 6.45) is 2.57. The molecule has 0 saturated heterocycles. The largest absolute Gasteiger partial charge is 0.464 e. The first-order chi connectivity index (χ1) is 10.9. The highest BCUT2D eigenvalue weighted by Crippen LogP contribution is 2.23. The number of aromatic nitrogens is 1. The molecular weight excluding hydrogens is 360 g/mol. The standard InChI is InChI=1S/C17H23BrN2O3/c1-11(2)20-10-13(18)9-15(20)17(21)19-14(7-8-22-4)16-6-5-12(3)23-16/h5-6,9-11,14H,7-8H2,1-4H3,(H,19,21). The minimum Gasteiger partial charge on any atom is -0.464 e. The summed E-state index contributed by atoms with van der Waals surface area (Å²) in [6.45, 7) is 6.52. The van der Waals surface area contributed by atoms with E-state index in [2.05, 4.69) is 21.2 Å². The lowest BCUT2D eigenvalue weighted by Gasteiger charge is -2.18. The smallest absolute Gasteiger partial charge is 0.268 e. The van der Waals surface area contributed by atoms with Gasteiger partial charge < -0.3 is 19.0 Å². The molecule has 2 heterocycles. The molecule has 0 spiro atoms. The third-order valence-corrected chi connectivity index (χ3v) is 4.06. The number of nitrogens with one attached hydrogen (secondary N) is 1. The molecule has 1 N–H and O–H groups in total. The van der Waals surface area contributed by atoms with E-state index in [1.54, 1.807) is 7.11 Å². The Morgan fingerprint density at radius 3 is 2.74 bits per heavy atom. The lowest BCUT2D eigenvalue weighted by atomic mass is 10.1. The Balaban J connectivity index is 2.20. The van der Waals surface area contributed by atoms with E-state index in [1.807, 2.05) is 49.7 Å². The quantitative estimate of drug-likeness (QED) is 0.778. The van der Waals surface area contributed by atoms with Gasteiger partial charge in [-0.15, -0.1) is 0 Å². The van der Waals surface area contributed by atoms with Gasteiger partial charge in [0.05, 0.1) is 6.04 Å². The zero-order chi connectivity index (χ0) is 17.0. The number of aryl methyl sites for hydroxylation is 1. The maximum atomic E-state index is 12.7. The third kappa shape index (κ3) is 4.48. The predicted octanol–water partition coefficient (Wildman–Crippen LogP) is 4.24. The van der Waals surface area contributed by atoms with E-state index in [9.17, 15) is 4.79 Å². The second-order valence-electron chi connectivity index (χ2n) is 5.80. The fourth-order valence-electron chi connectivity index (χ4n) is 2.45. The molecule has 2 aromatic rings. The molecule has 2 aromatic heterocycles. The minimum absolute atomic E-state index is 0.125. The van der Waals surface area contributed by atoms with Crippen molar-refractivity contribution in [1.29, 1.82) is 0 Å². The van der Waals surface area contributed by atoms with Crippen LogP contribution in [0, 0.1) is 6.92 Å². The van der Waals surface area contributed by atoms with Gasteiger partial charge in [-0.25, -0.2) is 0 Å². The number of nitrogens with zero attached hydrogens (tertiary/aromatic N) is 1. The maximum Gasteiger partial charge on any atom is 0.268 e. The van der Waals surface area contributed by atoms with E-state index in [1.165, 1.54) is 0 Å². The molecular formula is C17H23BrN2O3. The molecule has 0 saturated carbocycles. The van der Waals surface area contributed by atoms with Gasteiger partial charge in [-0.05, 0) is 61.3 Å². The minimum atomic E-state index is -0.217. The highest BCUT2D eigenvalue weighted by molar-refractivity contribution is 9.10. The molecule has 5 nitrogen and oxygen atoms in total. The van der Waals surface area contributed by atoms with Crippen LogP contribution in [0.4, 0.5) is 0 Å². The van der Waals surface area contributed by atoms with Crippen molar-refractivity contribution < 1.29 is 13.9 Å². The average Bonchev–Trinajstić information content (AvgIpc) is 3.09. The SMILES string of the molecule is COCCC(NC(=O)c1cc(Br)cn1C(C)C)c1ccc(C)o1. The third-order valence-electron chi connectivity index (χ3n) is 3.62. The Bertz CT molecular complexity index is 661. The zero-order valence-electron chi connectivity index (χ0n) is 13.9. The van der Waals surface area contributed by atoms with Gasteiger partial charge in [-0.2, -0.15) is 0 Å². The van der Waals surface area contributed by atoms with Crippen LogP contribution in [0.5, 0.6) is 0 Å². The van der Waals surface area contributed by atoms with Crippen molar-refractivity contribution in [3.63, 3.8) is 0 Å². The molecule has 0 bridgehead atoms. The highest BCUT2D eigenvalue weighted by Gasteiger charge is 2.21. The van der Waals surface area contributed by atoms with Crippen LogP contribution in [0.25, 0.3) is 0 Å². The van der Waals surface area contributed by atoms with Crippen LogP contribution in [-0.2, 0) is 4.74 Å². The number of hydrogen-bond donors (Lipinski definition) is 1. The molecule has 23 heavy (non-hydrogen) atoms. The van der Waals surface area contributed by atoms with Crippen LogP contribution in [-0.4, -0.2) is 24.2 Å².